The van der Waals surface area contributed by atoms with Crippen molar-refractivity contribution in [2.24, 2.45) is 5.92 Å². The molecule has 0 saturated heterocycles. The van der Waals surface area contributed by atoms with E-state index in [4.69, 9.17) is 5.11 Å². The number of aromatic nitrogens is 4. The molecule has 0 radical (unpaired) electrons. The Labute approximate surface area is 144 Å². The fraction of sp³-hybridized carbons (Fsp3) is 0.438. The molecular formula is C16H20FN5O3. The number of carboxylic acid groups (broad SMARTS) is 1. The van der Waals surface area contributed by atoms with Gasteiger partial charge in [-0.2, -0.15) is 0 Å². The summed E-state index contributed by atoms with van der Waals surface area (Å²) in [5.41, 5.74) is 0.633. The molecule has 9 heteroatoms. The van der Waals surface area contributed by atoms with Gasteiger partial charge in [-0.25, -0.2) is 9.07 Å². The van der Waals surface area contributed by atoms with Crippen LogP contribution in [0.4, 0.5) is 4.39 Å². The van der Waals surface area contributed by atoms with E-state index in [1.807, 2.05) is 0 Å². The maximum Gasteiger partial charge on any atom is 0.303 e. The van der Waals surface area contributed by atoms with E-state index in [0.29, 0.717) is 11.4 Å². The zero-order valence-electron chi connectivity index (χ0n) is 14.0. The summed E-state index contributed by atoms with van der Waals surface area (Å²) in [6, 6.07) is 5.22. The Morgan fingerprint density at radius 1 is 1.40 bits per heavy atom. The van der Waals surface area contributed by atoms with E-state index in [1.165, 1.54) is 16.8 Å². The number of benzene rings is 1. The SMILES string of the molecule is Cc1nnnn1C(Cc1cccc(F)c1)C(=O)NCC(C)CC(=O)O. The number of amides is 1. The fourth-order valence-electron chi connectivity index (χ4n) is 2.47. The lowest BCUT2D eigenvalue weighted by molar-refractivity contribution is -0.138. The third kappa shape index (κ3) is 5.33. The maximum absolute atomic E-state index is 13.4. The Kier molecular flexibility index (Phi) is 6.15. The van der Waals surface area contributed by atoms with Crippen molar-refractivity contribution in [3.05, 3.63) is 41.5 Å². The van der Waals surface area contributed by atoms with Crippen LogP contribution in [-0.2, 0) is 16.0 Å². The second-order valence-electron chi connectivity index (χ2n) is 5.97. The molecule has 2 aromatic rings. The van der Waals surface area contributed by atoms with E-state index in [-0.39, 0.29) is 37.0 Å². The molecule has 8 nitrogen and oxygen atoms in total. The molecule has 2 N–H and O–H groups in total. The lowest BCUT2D eigenvalue weighted by atomic mass is 10.0. The molecule has 1 aromatic heterocycles. The Morgan fingerprint density at radius 2 is 2.16 bits per heavy atom. The molecule has 1 heterocycles. The molecular weight excluding hydrogens is 329 g/mol. The molecule has 1 aromatic carbocycles. The minimum absolute atomic E-state index is 0.0429. The summed E-state index contributed by atoms with van der Waals surface area (Å²) in [5, 5.41) is 22.7. The number of aryl methyl sites for hydroxylation is 1. The molecule has 1 amide bonds. The van der Waals surface area contributed by atoms with Crippen molar-refractivity contribution >= 4 is 11.9 Å². The van der Waals surface area contributed by atoms with Gasteiger partial charge in [0.25, 0.3) is 0 Å². The minimum atomic E-state index is -0.922. The van der Waals surface area contributed by atoms with Crippen LogP contribution in [0, 0.1) is 18.7 Å². The zero-order valence-corrected chi connectivity index (χ0v) is 14.0. The van der Waals surface area contributed by atoms with Crippen molar-refractivity contribution in [1.29, 1.82) is 0 Å². The van der Waals surface area contributed by atoms with Crippen LogP contribution >= 0.6 is 0 Å². The highest BCUT2D eigenvalue weighted by Gasteiger charge is 2.24. The third-order valence-electron chi connectivity index (χ3n) is 3.72. The van der Waals surface area contributed by atoms with Crippen LogP contribution in [0.1, 0.15) is 30.8 Å². The Balaban J connectivity index is 2.13. The highest BCUT2D eigenvalue weighted by atomic mass is 19.1. The molecule has 25 heavy (non-hydrogen) atoms. The van der Waals surface area contributed by atoms with Gasteiger partial charge in [-0.15, -0.1) is 5.10 Å². The van der Waals surface area contributed by atoms with Gasteiger partial charge >= 0.3 is 5.97 Å². The lowest BCUT2D eigenvalue weighted by Gasteiger charge is -2.19. The number of rotatable bonds is 8. The van der Waals surface area contributed by atoms with Crippen LogP contribution < -0.4 is 5.32 Å². The lowest BCUT2D eigenvalue weighted by Crippen LogP contribution is -2.37. The highest BCUT2D eigenvalue weighted by Crippen LogP contribution is 2.16. The summed E-state index contributed by atoms with van der Waals surface area (Å²) in [6.45, 7) is 3.61. The molecule has 2 rings (SSSR count). The first-order valence-electron chi connectivity index (χ1n) is 7.85. The van der Waals surface area contributed by atoms with E-state index < -0.39 is 12.0 Å². The van der Waals surface area contributed by atoms with Gasteiger partial charge in [-0.05, 0) is 41.0 Å². The predicted octanol–water partition coefficient (Wildman–Crippen LogP) is 1.13. The smallest absolute Gasteiger partial charge is 0.303 e. The molecule has 0 aliphatic carbocycles. The molecule has 0 aliphatic rings. The van der Waals surface area contributed by atoms with Gasteiger partial charge in [-0.1, -0.05) is 19.1 Å². The molecule has 0 aliphatic heterocycles. The van der Waals surface area contributed by atoms with Crippen molar-refractivity contribution in [2.75, 3.05) is 6.54 Å². The first kappa shape index (κ1) is 18.5. The second kappa shape index (κ2) is 8.32. The van der Waals surface area contributed by atoms with Crippen molar-refractivity contribution in [2.45, 2.75) is 32.7 Å². The van der Waals surface area contributed by atoms with Gasteiger partial charge in [0, 0.05) is 19.4 Å². The topological polar surface area (TPSA) is 110 Å². The number of nitrogens with zero attached hydrogens (tertiary/aromatic N) is 4. The standard InChI is InChI=1S/C16H20FN5O3/c1-10(6-15(23)24)9-18-16(25)14(22-11(2)19-20-21-22)8-12-4-3-5-13(17)7-12/h3-5,7,10,14H,6,8-9H2,1-2H3,(H,18,25)(H,23,24). The molecule has 134 valence electrons. The number of hydrogen-bond donors (Lipinski definition) is 2. The van der Waals surface area contributed by atoms with Crippen LogP contribution in [0.5, 0.6) is 0 Å². The monoisotopic (exact) mass is 349 g/mol. The summed E-state index contributed by atoms with van der Waals surface area (Å²) >= 11 is 0. The van der Waals surface area contributed by atoms with Gasteiger partial charge in [0.05, 0.1) is 0 Å². The van der Waals surface area contributed by atoms with Crippen LogP contribution in [0.3, 0.4) is 0 Å². The molecule has 2 unspecified atom stereocenters. The second-order valence-corrected chi connectivity index (χ2v) is 5.97. The first-order chi connectivity index (χ1) is 11.9. The predicted molar refractivity (Wildman–Crippen MR) is 86.1 cm³/mol. The van der Waals surface area contributed by atoms with Gasteiger partial charge in [0.1, 0.15) is 17.7 Å². The maximum atomic E-state index is 13.4. The first-order valence-corrected chi connectivity index (χ1v) is 7.85. The number of carbonyl (C=O) groups is 2. The van der Waals surface area contributed by atoms with Crippen LogP contribution in [0.25, 0.3) is 0 Å². The van der Waals surface area contributed by atoms with E-state index >= 15 is 0 Å². The Bertz CT molecular complexity index is 749. The van der Waals surface area contributed by atoms with Crippen molar-refractivity contribution in [3.8, 4) is 0 Å². The van der Waals surface area contributed by atoms with E-state index in [2.05, 4.69) is 20.8 Å². The average Bonchev–Trinajstić information content (AvgIpc) is 2.95. The van der Waals surface area contributed by atoms with Crippen LogP contribution in [0.2, 0.25) is 0 Å². The number of hydrogen-bond acceptors (Lipinski definition) is 5. The summed E-state index contributed by atoms with van der Waals surface area (Å²) in [6.07, 6.45) is 0.168. The van der Waals surface area contributed by atoms with E-state index in [0.717, 1.165) is 0 Å². The van der Waals surface area contributed by atoms with Gasteiger partial charge < -0.3 is 10.4 Å². The molecule has 0 spiro atoms. The molecule has 0 saturated carbocycles. The van der Waals surface area contributed by atoms with Gasteiger partial charge in [-0.3, -0.25) is 9.59 Å². The van der Waals surface area contributed by atoms with Gasteiger partial charge in [0.2, 0.25) is 5.91 Å². The minimum Gasteiger partial charge on any atom is -0.481 e. The number of nitrogens with one attached hydrogen (secondary N) is 1. The zero-order chi connectivity index (χ0) is 18.4. The third-order valence-corrected chi connectivity index (χ3v) is 3.72. The number of carboxylic acids is 1. The summed E-state index contributed by atoms with van der Waals surface area (Å²) in [7, 11) is 0. The number of aliphatic carboxylic acids is 1. The van der Waals surface area contributed by atoms with E-state index in [9.17, 15) is 14.0 Å². The average molecular weight is 349 g/mol. The Hall–Kier alpha value is -2.84. The molecule has 0 bridgehead atoms. The van der Waals surface area contributed by atoms with Gasteiger partial charge in [0.15, 0.2) is 0 Å². The largest absolute Gasteiger partial charge is 0.481 e. The van der Waals surface area contributed by atoms with Crippen molar-refractivity contribution < 1.29 is 19.1 Å². The number of carbonyl (C=O) groups excluding carboxylic acids is 1. The van der Waals surface area contributed by atoms with Crippen LogP contribution in [-0.4, -0.2) is 43.7 Å². The molecule has 0 fully saturated rings. The van der Waals surface area contributed by atoms with E-state index in [1.54, 1.807) is 26.0 Å². The fourth-order valence-corrected chi connectivity index (χ4v) is 2.47. The van der Waals surface area contributed by atoms with Crippen molar-refractivity contribution in [3.63, 3.8) is 0 Å². The number of halogens is 1. The van der Waals surface area contributed by atoms with Crippen molar-refractivity contribution in [1.82, 2.24) is 25.5 Å². The number of tetrazole rings is 1. The summed E-state index contributed by atoms with van der Waals surface area (Å²) in [5.74, 6) is -1.42. The summed E-state index contributed by atoms with van der Waals surface area (Å²) < 4.78 is 14.8. The quantitative estimate of drug-likeness (QED) is 0.739. The Morgan fingerprint density at radius 3 is 2.76 bits per heavy atom. The highest BCUT2D eigenvalue weighted by molar-refractivity contribution is 5.80. The van der Waals surface area contributed by atoms with Crippen LogP contribution in [0.15, 0.2) is 24.3 Å². The molecule has 2 atom stereocenters. The summed E-state index contributed by atoms with van der Waals surface area (Å²) in [4.78, 5) is 23.3. The normalized spacial score (nSPS) is 13.2.